The third kappa shape index (κ3) is 2.75. The van der Waals surface area contributed by atoms with Crippen LogP contribution >= 0.6 is 0 Å². The number of carbonyl (C=O) groups is 1. The number of benzene rings is 1. The molecule has 2 heterocycles. The molecule has 122 valence electrons. The van der Waals surface area contributed by atoms with Crippen molar-refractivity contribution in [2.75, 3.05) is 24.0 Å². The maximum Gasteiger partial charge on any atom is 0.267 e. The number of anilines is 2. The lowest BCUT2D eigenvalue weighted by atomic mass is 10.0. The maximum atomic E-state index is 11.8. The van der Waals surface area contributed by atoms with Crippen LogP contribution in [0, 0.1) is 11.3 Å². The number of fused-ring (bicyclic) bond motifs is 1. The highest BCUT2D eigenvalue weighted by Gasteiger charge is 2.32. The number of rotatable bonds is 5. The number of primary amides is 1. The molecule has 8 nitrogen and oxygen atoms in total. The van der Waals surface area contributed by atoms with Crippen molar-refractivity contribution in [2.45, 2.75) is 6.04 Å². The molecule has 1 aliphatic heterocycles. The van der Waals surface area contributed by atoms with Crippen molar-refractivity contribution < 1.29 is 9.53 Å². The topological polar surface area (TPSA) is 120 Å². The van der Waals surface area contributed by atoms with E-state index in [2.05, 4.69) is 15.4 Å². The lowest BCUT2D eigenvalue weighted by Crippen LogP contribution is -2.38. The number of para-hydroxylation sites is 2. The number of amides is 1. The zero-order chi connectivity index (χ0) is 17.1. The molecule has 1 unspecified atom stereocenters. The monoisotopic (exact) mass is 324 g/mol. The minimum atomic E-state index is -0.610. The molecule has 1 aromatic carbocycles. The van der Waals surface area contributed by atoms with Gasteiger partial charge in [0.1, 0.15) is 23.7 Å². The number of nitrogens with two attached hydrogens (primary N) is 1. The lowest BCUT2D eigenvalue weighted by Gasteiger charge is -2.29. The molecule has 0 spiro atoms. The van der Waals surface area contributed by atoms with E-state index in [1.165, 1.54) is 0 Å². The first kappa shape index (κ1) is 15.4. The van der Waals surface area contributed by atoms with Crippen molar-refractivity contribution in [1.29, 1.82) is 5.26 Å². The van der Waals surface area contributed by atoms with E-state index in [9.17, 15) is 4.79 Å². The van der Waals surface area contributed by atoms with Crippen LogP contribution in [0.25, 0.3) is 0 Å². The van der Waals surface area contributed by atoms with Crippen molar-refractivity contribution in [3.05, 3.63) is 42.1 Å². The SMILES string of the molecule is CN1N=C(C(N)=O)C(Nc2ccccc2OCC#N)c2cc[nH]c21. The van der Waals surface area contributed by atoms with Gasteiger partial charge in [0.05, 0.1) is 5.69 Å². The quantitative estimate of drug-likeness (QED) is 0.767. The van der Waals surface area contributed by atoms with Crippen LogP contribution in [0.4, 0.5) is 11.5 Å². The van der Waals surface area contributed by atoms with Crippen molar-refractivity contribution in [2.24, 2.45) is 10.8 Å². The van der Waals surface area contributed by atoms with Crippen LogP contribution in [0.1, 0.15) is 11.6 Å². The van der Waals surface area contributed by atoms with E-state index in [0.29, 0.717) is 11.4 Å². The first-order valence-corrected chi connectivity index (χ1v) is 7.26. The molecule has 0 saturated heterocycles. The normalized spacial score (nSPS) is 15.9. The Bertz CT molecular complexity index is 835. The van der Waals surface area contributed by atoms with Gasteiger partial charge >= 0.3 is 0 Å². The number of nitrogens with one attached hydrogen (secondary N) is 2. The molecule has 0 radical (unpaired) electrons. The van der Waals surface area contributed by atoms with Gasteiger partial charge in [-0.2, -0.15) is 10.4 Å². The minimum absolute atomic E-state index is 0.0712. The van der Waals surface area contributed by atoms with Crippen molar-refractivity contribution in [3.8, 4) is 11.8 Å². The third-order valence-electron chi connectivity index (χ3n) is 3.65. The van der Waals surface area contributed by atoms with Crippen LogP contribution < -0.4 is 20.8 Å². The molecule has 24 heavy (non-hydrogen) atoms. The van der Waals surface area contributed by atoms with Crippen LogP contribution in [0.5, 0.6) is 5.75 Å². The van der Waals surface area contributed by atoms with Gasteiger partial charge < -0.3 is 20.8 Å². The van der Waals surface area contributed by atoms with Gasteiger partial charge in [-0.25, -0.2) is 0 Å². The maximum absolute atomic E-state index is 11.8. The fraction of sp³-hybridized carbons (Fsp3) is 0.188. The predicted octanol–water partition coefficient (Wildman–Crippen LogP) is 1.36. The molecule has 2 aromatic rings. The summed E-state index contributed by atoms with van der Waals surface area (Å²) in [5, 5.41) is 17.8. The summed E-state index contributed by atoms with van der Waals surface area (Å²) in [6.07, 6.45) is 1.77. The van der Waals surface area contributed by atoms with Gasteiger partial charge in [-0.3, -0.25) is 9.80 Å². The fourth-order valence-corrected chi connectivity index (χ4v) is 2.62. The first-order chi connectivity index (χ1) is 11.6. The number of nitriles is 1. The van der Waals surface area contributed by atoms with Gasteiger partial charge in [-0.05, 0) is 18.2 Å². The van der Waals surface area contributed by atoms with E-state index in [1.807, 2.05) is 18.2 Å². The molecule has 0 bridgehead atoms. The molecule has 1 aromatic heterocycles. The van der Waals surface area contributed by atoms with E-state index in [1.54, 1.807) is 36.5 Å². The number of aromatic nitrogens is 1. The summed E-state index contributed by atoms with van der Waals surface area (Å²) in [7, 11) is 1.73. The van der Waals surface area contributed by atoms with Gasteiger partial charge in [-0.1, -0.05) is 12.1 Å². The van der Waals surface area contributed by atoms with E-state index >= 15 is 0 Å². The summed E-state index contributed by atoms with van der Waals surface area (Å²) in [4.78, 5) is 14.9. The molecule has 1 aliphatic rings. The predicted molar refractivity (Wildman–Crippen MR) is 89.7 cm³/mol. The smallest absolute Gasteiger partial charge is 0.267 e. The van der Waals surface area contributed by atoms with Crippen LogP contribution in [0.3, 0.4) is 0 Å². The molecule has 0 saturated carbocycles. The van der Waals surface area contributed by atoms with E-state index in [4.69, 9.17) is 15.7 Å². The highest BCUT2D eigenvalue weighted by molar-refractivity contribution is 6.41. The second-order valence-corrected chi connectivity index (χ2v) is 5.18. The third-order valence-corrected chi connectivity index (χ3v) is 3.65. The van der Waals surface area contributed by atoms with E-state index in [0.717, 1.165) is 11.4 Å². The molecular weight excluding hydrogens is 308 g/mol. The lowest BCUT2D eigenvalue weighted by molar-refractivity contribution is -0.112. The average Bonchev–Trinajstić information content (AvgIpc) is 3.06. The highest BCUT2D eigenvalue weighted by atomic mass is 16.5. The molecule has 8 heteroatoms. The first-order valence-electron chi connectivity index (χ1n) is 7.26. The van der Waals surface area contributed by atoms with Gasteiger partial charge in [0, 0.05) is 18.8 Å². The van der Waals surface area contributed by atoms with Crippen molar-refractivity contribution >= 4 is 23.1 Å². The molecule has 1 atom stereocenters. The largest absolute Gasteiger partial charge is 0.477 e. The number of hydrogen-bond donors (Lipinski definition) is 3. The Kier molecular flexibility index (Phi) is 4.07. The Balaban J connectivity index is 1.98. The fourth-order valence-electron chi connectivity index (χ4n) is 2.62. The van der Waals surface area contributed by atoms with Crippen molar-refractivity contribution in [1.82, 2.24) is 4.98 Å². The van der Waals surface area contributed by atoms with E-state index in [-0.39, 0.29) is 12.3 Å². The van der Waals surface area contributed by atoms with E-state index < -0.39 is 11.9 Å². The molecule has 0 fully saturated rings. The molecular formula is C16H16N6O2. The average molecular weight is 324 g/mol. The number of hydrogen-bond acceptors (Lipinski definition) is 6. The second-order valence-electron chi connectivity index (χ2n) is 5.18. The van der Waals surface area contributed by atoms with Crippen LogP contribution in [0.15, 0.2) is 41.6 Å². The number of ether oxygens (including phenoxy) is 1. The van der Waals surface area contributed by atoms with Gasteiger partial charge in [0.25, 0.3) is 5.91 Å². The molecule has 3 rings (SSSR count). The van der Waals surface area contributed by atoms with Gasteiger partial charge in [0.2, 0.25) is 0 Å². The zero-order valence-corrected chi connectivity index (χ0v) is 13.0. The minimum Gasteiger partial charge on any atom is -0.477 e. The summed E-state index contributed by atoms with van der Waals surface area (Å²) < 4.78 is 5.42. The molecule has 0 aliphatic carbocycles. The standard InChI is InChI=1S/C16H16N6O2/c1-22-16-10(6-8-19-16)13(14(21-22)15(18)23)20-11-4-2-3-5-12(11)24-9-7-17/h2-6,8,13,19-20H,9H2,1H3,(H2,18,23). The Labute approximate surface area is 138 Å². The highest BCUT2D eigenvalue weighted by Crippen LogP contribution is 2.35. The number of H-pyrrole nitrogens is 1. The summed E-state index contributed by atoms with van der Waals surface area (Å²) in [5.41, 5.74) is 7.18. The van der Waals surface area contributed by atoms with Crippen LogP contribution in [0.2, 0.25) is 0 Å². The number of carbonyl (C=O) groups excluding carboxylic acids is 1. The van der Waals surface area contributed by atoms with Crippen molar-refractivity contribution in [3.63, 3.8) is 0 Å². The summed E-state index contributed by atoms with van der Waals surface area (Å²) in [6.45, 7) is -0.0712. The molecule has 4 N–H and O–H groups in total. The zero-order valence-electron chi connectivity index (χ0n) is 13.0. The number of aromatic amines is 1. The number of hydrazone groups is 1. The Morgan fingerprint density at radius 1 is 1.50 bits per heavy atom. The Morgan fingerprint density at radius 2 is 2.29 bits per heavy atom. The summed E-state index contributed by atoms with van der Waals surface area (Å²) in [6, 6.07) is 10.4. The van der Waals surface area contributed by atoms with Crippen LogP contribution in [-0.2, 0) is 4.79 Å². The molecule has 1 amide bonds. The second kappa shape index (κ2) is 6.34. The Hall–Kier alpha value is -3.47. The van der Waals surface area contributed by atoms with Gasteiger partial charge in [0.15, 0.2) is 12.3 Å². The van der Waals surface area contributed by atoms with Crippen LogP contribution in [-0.4, -0.2) is 30.3 Å². The summed E-state index contributed by atoms with van der Waals surface area (Å²) in [5.74, 6) is 0.674. The number of nitrogens with zero attached hydrogens (tertiary/aromatic N) is 3. The Morgan fingerprint density at radius 3 is 3.04 bits per heavy atom. The summed E-state index contributed by atoms with van der Waals surface area (Å²) >= 11 is 0. The van der Waals surface area contributed by atoms with Gasteiger partial charge in [-0.15, -0.1) is 0 Å².